The van der Waals surface area contributed by atoms with Crippen LogP contribution in [0, 0.1) is 5.82 Å². The van der Waals surface area contributed by atoms with E-state index in [1.807, 2.05) is 0 Å². The van der Waals surface area contributed by atoms with Crippen molar-refractivity contribution in [2.45, 2.75) is 12.5 Å². The molecular formula is C14H15FN4O2. The van der Waals surface area contributed by atoms with Crippen molar-refractivity contribution in [3.8, 4) is 5.75 Å². The molecule has 1 aromatic heterocycles. The average Bonchev–Trinajstić information content (AvgIpc) is 3.16. The van der Waals surface area contributed by atoms with Crippen LogP contribution in [-0.4, -0.2) is 45.5 Å². The normalized spacial score (nSPS) is 18.0. The van der Waals surface area contributed by atoms with E-state index < -0.39 is 5.82 Å². The number of rotatable bonds is 4. The molecule has 3 rings (SSSR count). The Labute approximate surface area is 121 Å². The molecule has 1 fully saturated rings. The molecule has 0 N–H and O–H groups in total. The highest BCUT2D eigenvalue weighted by molar-refractivity contribution is 5.78. The first-order valence-corrected chi connectivity index (χ1v) is 6.75. The zero-order valence-corrected chi connectivity index (χ0v) is 11.4. The van der Waals surface area contributed by atoms with Crippen molar-refractivity contribution in [3.05, 3.63) is 42.5 Å². The lowest BCUT2D eigenvalue weighted by atomic mass is 10.3. The minimum Gasteiger partial charge on any atom is -0.481 e. The van der Waals surface area contributed by atoms with Crippen LogP contribution in [0.25, 0.3) is 0 Å². The Balaban J connectivity index is 1.54. The van der Waals surface area contributed by atoms with Crippen molar-refractivity contribution in [1.82, 2.24) is 19.9 Å². The summed E-state index contributed by atoms with van der Waals surface area (Å²) in [6.45, 7) is 1.05. The smallest absolute Gasteiger partial charge is 0.260 e. The third-order valence-corrected chi connectivity index (χ3v) is 3.52. The van der Waals surface area contributed by atoms with Crippen LogP contribution in [0.1, 0.15) is 12.5 Å². The number of benzene rings is 1. The van der Waals surface area contributed by atoms with Gasteiger partial charge < -0.3 is 9.64 Å². The van der Waals surface area contributed by atoms with Crippen molar-refractivity contribution in [2.24, 2.45) is 0 Å². The third-order valence-electron chi connectivity index (χ3n) is 3.52. The fraction of sp³-hybridized carbons (Fsp3) is 0.357. The molecule has 0 radical (unpaired) electrons. The number of likely N-dealkylation sites (tertiary alicyclic amines) is 1. The van der Waals surface area contributed by atoms with Gasteiger partial charge in [0.15, 0.2) is 18.2 Å². The maximum atomic E-state index is 13.4. The number of amides is 1. The molecule has 1 aromatic carbocycles. The molecule has 110 valence electrons. The number of carbonyl (C=O) groups excluding carboxylic acids is 1. The van der Waals surface area contributed by atoms with Crippen molar-refractivity contribution in [3.63, 3.8) is 0 Å². The van der Waals surface area contributed by atoms with E-state index in [-0.39, 0.29) is 24.3 Å². The third kappa shape index (κ3) is 3.01. The predicted octanol–water partition coefficient (Wildman–Crippen LogP) is 1.27. The van der Waals surface area contributed by atoms with Gasteiger partial charge in [-0.25, -0.2) is 9.07 Å². The van der Waals surface area contributed by atoms with Gasteiger partial charge in [0, 0.05) is 19.3 Å². The summed E-state index contributed by atoms with van der Waals surface area (Å²) in [5, 5.41) is 7.71. The second-order valence-electron chi connectivity index (χ2n) is 4.88. The minimum atomic E-state index is -0.466. The van der Waals surface area contributed by atoms with Crippen LogP contribution < -0.4 is 4.74 Å². The molecular weight excluding hydrogens is 275 g/mol. The fourth-order valence-corrected chi connectivity index (χ4v) is 2.39. The lowest BCUT2D eigenvalue weighted by molar-refractivity contribution is -0.132. The topological polar surface area (TPSA) is 60.2 Å². The molecule has 2 heterocycles. The Kier molecular flexibility index (Phi) is 3.81. The Morgan fingerprint density at radius 2 is 2.29 bits per heavy atom. The number of nitrogens with zero attached hydrogens (tertiary/aromatic N) is 4. The highest BCUT2D eigenvalue weighted by Crippen LogP contribution is 2.21. The Morgan fingerprint density at radius 3 is 3.05 bits per heavy atom. The number of para-hydroxylation sites is 1. The Hall–Kier alpha value is -2.44. The standard InChI is InChI=1S/C14H15FN4O2/c15-12-3-1-2-4-13(12)21-10-14(20)18-7-5-11(9-18)19-8-6-16-17-19/h1-4,6,8,11H,5,7,9-10H2/t11-/m0/s1. The number of hydrogen-bond acceptors (Lipinski definition) is 4. The molecule has 1 aliphatic rings. The van der Waals surface area contributed by atoms with Gasteiger partial charge >= 0.3 is 0 Å². The number of halogens is 1. The summed E-state index contributed by atoms with van der Waals surface area (Å²) in [5.41, 5.74) is 0. The van der Waals surface area contributed by atoms with Crippen LogP contribution in [0.5, 0.6) is 5.75 Å². The van der Waals surface area contributed by atoms with E-state index in [4.69, 9.17) is 4.74 Å². The zero-order valence-electron chi connectivity index (χ0n) is 11.4. The molecule has 2 aromatic rings. The number of hydrogen-bond donors (Lipinski definition) is 0. The highest BCUT2D eigenvalue weighted by atomic mass is 19.1. The second-order valence-corrected chi connectivity index (χ2v) is 4.88. The highest BCUT2D eigenvalue weighted by Gasteiger charge is 2.28. The first-order valence-electron chi connectivity index (χ1n) is 6.75. The van der Waals surface area contributed by atoms with E-state index in [1.165, 1.54) is 12.1 Å². The van der Waals surface area contributed by atoms with Crippen LogP contribution in [-0.2, 0) is 4.79 Å². The van der Waals surface area contributed by atoms with Gasteiger partial charge in [-0.05, 0) is 18.6 Å². The molecule has 0 aliphatic carbocycles. The number of carbonyl (C=O) groups is 1. The van der Waals surface area contributed by atoms with Crippen molar-refractivity contribution in [1.29, 1.82) is 0 Å². The SMILES string of the molecule is O=C(COc1ccccc1F)N1CC[C@H](n2ccnn2)C1. The van der Waals surface area contributed by atoms with Gasteiger partial charge in [-0.3, -0.25) is 4.79 Å². The molecule has 0 bridgehead atoms. The average molecular weight is 290 g/mol. The summed E-state index contributed by atoms with van der Waals surface area (Å²) in [4.78, 5) is 13.8. The molecule has 21 heavy (non-hydrogen) atoms. The van der Waals surface area contributed by atoms with Gasteiger partial charge in [0.05, 0.1) is 12.2 Å². The maximum Gasteiger partial charge on any atom is 0.260 e. The molecule has 1 atom stereocenters. The van der Waals surface area contributed by atoms with Crippen molar-refractivity contribution in [2.75, 3.05) is 19.7 Å². The van der Waals surface area contributed by atoms with Crippen LogP contribution in [0.15, 0.2) is 36.7 Å². The van der Waals surface area contributed by atoms with Crippen LogP contribution in [0.4, 0.5) is 4.39 Å². The van der Waals surface area contributed by atoms with E-state index in [1.54, 1.807) is 34.1 Å². The van der Waals surface area contributed by atoms with Crippen LogP contribution in [0.2, 0.25) is 0 Å². The molecule has 1 amide bonds. The van der Waals surface area contributed by atoms with Gasteiger partial charge in [0.1, 0.15) is 0 Å². The van der Waals surface area contributed by atoms with E-state index in [0.717, 1.165) is 6.42 Å². The Morgan fingerprint density at radius 1 is 1.43 bits per heavy atom. The summed E-state index contributed by atoms with van der Waals surface area (Å²) in [6.07, 6.45) is 4.23. The summed E-state index contributed by atoms with van der Waals surface area (Å²) in [5.74, 6) is -0.522. The number of ether oxygens (including phenoxy) is 1. The monoisotopic (exact) mass is 290 g/mol. The minimum absolute atomic E-state index is 0.0953. The predicted molar refractivity (Wildman–Crippen MR) is 72.2 cm³/mol. The van der Waals surface area contributed by atoms with E-state index in [9.17, 15) is 9.18 Å². The van der Waals surface area contributed by atoms with Gasteiger partial charge in [0.2, 0.25) is 0 Å². The summed E-state index contributed by atoms with van der Waals surface area (Å²) >= 11 is 0. The molecule has 7 heteroatoms. The van der Waals surface area contributed by atoms with Crippen LogP contribution >= 0.6 is 0 Å². The summed E-state index contributed by atoms with van der Waals surface area (Å²) < 4.78 is 20.4. The van der Waals surface area contributed by atoms with Crippen molar-refractivity contribution < 1.29 is 13.9 Å². The van der Waals surface area contributed by atoms with Gasteiger partial charge in [-0.15, -0.1) is 5.10 Å². The quantitative estimate of drug-likeness (QED) is 0.851. The summed E-state index contributed by atoms with van der Waals surface area (Å²) in [6, 6.07) is 6.19. The number of aromatic nitrogens is 3. The lowest BCUT2D eigenvalue weighted by Crippen LogP contribution is -2.33. The fourth-order valence-electron chi connectivity index (χ4n) is 2.39. The molecule has 0 saturated carbocycles. The lowest BCUT2D eigenvalue weighted by Gasteiger charge is -2.17. The second kappa shape index (κ2) is 5.90. The van der Waals surface area contributed by atoms with E-state index in [2.05, 4.69) is 10.3 Å². The van der Waals surface area contributed by atoms with E-state index in [0.29, 0.717) is 13.1 Å². The van der Waals surface area contributed by atoms with Gasteiger partial charge in [-0.1, -0.05) is 17.3 Å². The van der Waals surface area contributed by atoms with Gasteiger partial charge in [-0.2, -0.15) is 0 Å². The van der Waals surface area contributed by atoms with Gasteiger partial charge in [0.25, 0.3) is 5.91 Å². The first kappa shape index (κ1) is 13.5. The first-order chi connectivity index (χ1) is 10.2. The summed E-state index contributed by atoms with van der Waals surface area (Å²) in [7, 11) is 0. The van der Waals surface area contributed by atoms with Crippen LogP contribution in [0.3, 0.4) is 0 Å². The van der Waals surface area contributed by atoms with E-state index >= 15 is 0 Å². The maximum absolute atomic E-state index is 13.4. The molecule has 1 saturated heterocycles. The zero-order chi connectivity index (χ0) is 14.7. The Bertz CT molecular complexity index is 617. The molecule has 1 aliphatic heterocycles. The molecule has 0 unspecified atom stereocenters. The van der Waals surface area contributed by atoms with Crippen molar-refractivity contribution >= 4 is 5.91 Å². The molecule has 0 spiro atoms. The largest absolute Gasteiger partial charge is 0.481 e. The molecule has 6 nitrogen and oxygen atoms in total.